The molecule has 1 fully saturated rings. The standard InChI is InChI=1S/C8H18N2O/c1-6-2-7(6)4-10-8(3-9)5-11/h6-8,10-11H,2-5,9H2,1H3. The van der Waals surface area contributed by atoms with E-state index >= 15 is 0 Å². The molecule has 0 aliphatic heterocycles. The maximum absolute atomic E-state index is 8.78. The molecule has 3 nitrogen and oxygen atoms in total. The molecule has 0 aromatic rings. The quantitative estimate of drug-likeness (QED) is 0.508. The maximum atomic E-state index is 8.78. The van der Waals surface area contributed by atoms with E-state index in [1.54, 1.807) is 0 Å². The molecule has 4 N–H and O–H groups in total. The largest absolute Gasteiger partial charge is 0.395 e. The van der Waals surface area contributed by atoms with Gasteiger partial charge in [-0.2, -0.15) is 0 Å². The van der Waals surface area contributed by atoms with E-state index in [9.17, 15) is 0 Å². The Kier molecular flexibility index (Phi) is 3.30. The van der Waals surface area contributed by atoms with E-state index in [1.807, 2.05) is 0 Å². The lowest BCUT2D eigenvalue weighted by Crippen LogP contribution is -2.40. The van der Waals surface area contributed by atoms with Gasteiger partial charge in [-0.05, 0) is 24.8 Å². The van der Waals surface area contributed by atoms with Gasteiger partial charge in [0, 0.05) is 12.6 Å². The highest BCUT2D eigenvalue weighted by molar-refractivity contribution is 4.85. The van der Waals surface area contributed by atoms with Crippen LogP contribution < -0.4 is 11.1 Å². The Morgan fingerprint density at radius 1 is 1.73 bits per heavy atom. The lowest BCUT2D eigenvalue weighted by molar-refractivity contribution is 0.244. The molecule has 3 unspecified atom stereocenters. The van der Waals surface area contributed by atoms with Gasteiger partial charge in [0.1, 0.15) is 0 Å². The van der Waals surface area contributed by atoms with Crippen molar-refractivity contribution in [3.63, 3.8) is 0 Å². The van der Waals surface area contributed by atoms with Crippen LogP contribution in [0.2, 0.25) is 0 Å². The van der Waals surface area contributed by atoms with E-state index in [4.69, 9.17) is 10.8 Å². The third-order valence-electron chi connectivity index (χ3n) is 2.45. The zero-order chi connectivity index (χ0) is 8.27. The number of nitrogens with one attached hydrogen (secondary N) is 1. The molecule has 11 heavy (non-hydrogen) atoms. The van der Waals surface area contributed by atoms with Crippen molar-refractivity contribution >= 4 is 0 Å². The first-order valence-corrected chi connectivity index (χ1v) is 4.32. The topological polar surface area (TPSA) is 58.3 Å². The summed E-state index contributed by atoms with van der Waals surface area (Å²) < 4.78 is 0. The second-order valence-electron chi connectivity index (χ2n) is 3.50. The number of aliphatic hydroxyl groups excluding tert-OH is 1. The molecule has 0 bridgehead atoms. The molecular weight excluding hydrogens is 140 g/mol. The van der Waals surface area contributed by atoms with Crippen molar-refractivity contribution in [1.82, 2.24) is 5.32 Å². The van der Waals surface area contributed by atoms with Gasteiger partial charge in [0.25, 0.3) is 0 Å². The van der Waals surface area contributed by atoms with Crippen molar-refractivity contribution in [2.45, 2.75) is 19.4 Å². The van der Waals surface area contributed by atoms with E-state index in [2.05, 4.69) is 12.2 Å². The van der Waals surface area contributed by atoms with Crippen LogP contribution in [0.25, 0.3) is 0 Å². The Bertz CT molecular complexity index is 115. The second kappa shape index (κ2) is 4.04. The first-order chi connectivity index (χ1) is 5.27. The van der Waals surface area contributed by atoms with Crippen LogP contribution in [0, 0.1) is 11.8 Å². The molecular formula is C8H18N2O. The lowest BCUT2D eigenvalue weighted by atomic mass is 10.3. The van der Waals surface area contributed by atoms with Crippen LogP contribution in [-0.2, 0) is 0 Å². The number of hydrogen-bond acceptors (Lipinski definition) is 3. The van der Waals surface area contributed by atoms with E-state index < -0.39 is 0 Å². The van der Waals surface area contributed by atoms with Gasteiger partial charge in [-0.15, -0.1) is 0 Å². The molecule has 1 aliphatic rings. The Hall–Kier alpha value is -0.120. The summed E-state index contributed by atoms with van der Waals surface area (Å²) in [6, 6.07) is 0.0998. The van der Waals surface area contributed by atoms with Gasteiger partial charge in [-0.1, -0.05) is 6.92 Å². The molecule has 3 heteroatoms. The highest BCUT2D eigenvalue weighted by Gasteiger charge is 2.32. The molecule has 1 saturated carbocycles. The monoisotopic (exact) mass is 158 g/mol. The van der Waals surface area contributed by atoms with Gasteiger partial charge in [0.2, 0.25) is 0 Å². The molecule has 0 saturated heterocycles. The predicted molar refractivity (Wildman–Crippen MR) is 45.2 cm³/mol. The lowest BCUT2D eigenvalue weighted by Gasteiger charge is -2.12. The molecule has 1 rings (SSSR count). The van der Waals surface area contributed by atoms with E-state index in [0.29, 0.717) is 6.54 Å². The molecule has 0 heterocycles. The first-order valence-electron chi connectivity index (χ1n) is 4.32. The number of hydrogen-bond donors (Lipinski definition) is 3. The summed E-state index contributed by atoms with van der Waals surface area (Å²) in [6.45, 7) is 3.95. The fourth-order valence-corrected chi connectivity index (χ4v) is 1.22. The van der Waals surface area contributed by atoms with Crippen LogP contribution in [0.5, 0.6) is 0 Å². The van der Waals surface area contributed by atoms with Crippen molar-refractivity contribution in [1.29, 1.82) is 0 Å². The molecule has 0 radical (unpaired) electrons. The summed E-state index contributed by atoms with van der Waals surface area (Å²) >= 11 is 0. The minimum atomic E-state index is 0.0998. The molecule has 66 valence electrons. The molecule has 3 atom stereocenters. The van der Waals surface area contributed by atoms with Gasteiger partial charge in [-0.25, -0.2) is 0 Å². The zero-order valence-electron chi connectivity index (χ0n) is 7.09. The smallest absolute Gasteiger partial charge is 0.0597 e. The van der Waals surface area contributed by atoms with Gasteiger partial charge < -0.3 is 16.2 Å². The molecule has 0 amide bonds. The third-order valence-corrected chi connectivity index (χ3v) is 2.45. The first kappa shape index (κ1) is 8.97. The fraction of sp³-hybridized carbons (Fsp3) is 1.00. The van der Waals surface area contributed by atoms with E-state index in [0.717, 1.165) is 18.4 Å². The summed E-state index contributed by atoms with van der Waals surface area (Å²) in [5.41, 5.74) is 5.40. The molecule has 0 spiro atoms. The summed E-state index contributed by atoms with van der Waals surface area (Å²) in [4.78, 5) is 0. The highest BCUT2D eigenvalue weighted by Crippen LogP contribution is 2.36. The van der Waals surface area contributed by atoms with Gasteiger partial charge in [0.15, 0.2) is 0 Å². The van der Waals surface area contributed by atoms with Crippen molar-refractivity contribution in [3.8, 4) is 0 Å². The molecule has 0 aromatic carbocycles. The zero-order valence-corrected chi connectivity index (χ0v) is 7.09. The van der Waals surface area contributed by atoms with Crippen LogP contribution in [0.15, 0.2) is 0 Å². The van der Waals surface area contributed by atoms with E-state index in [1.165, 1.54) is 6.42 Å². The summed E-state index contributed by atoms with van der Waals surface area (Å²) in [5, 5.41) is 12.0. The minimum Gasteiger partial charge on any atom is -0.395 e. The van der Waals surface area contributed by atoms with Crippen LogP contribution in [-0.4, -0.2) is 30.8 Å². The van der Waals surface area contributed by atoms with Gasteiger partial charge >= 0.3 is 0 Å². The second-order valence-corrected chi connectivity index (χ2v) is 3.50. The Labute approximate surface area is 68.0 Å². The van der Waals surface area contributed by atoms with Crippen molar-refractivity contribution < 1.29 is 5.11 Å². The Morgan fingerprint density at radius 3 is 2.73 bits per heavy atom. The van der Waals surface area contributed by atoms with Crippen molar-refractivity contribution in [2.75, 3.05) is 19.7 Å². The van der Waals surface area contributed by atoms with Gasteiger partial charge in [0.05, 0.1) is 6.61 Å². The number of rotatable bonds is 5. The van der Waals surface area contributed by atoms with Crippen LogP contribution >= 0.6 is 0 Å². The summed E-state index contributed by atoms with van der Waals surface area (Å²) in [7, 11) is 0. The number of nitrogens with two attached hydrogens (primary N) is 1. The van der Waals surface area contributed by atoms with Crippen LogP contribution in [0.1, 0.15) is 13.3 Å². The third kappa shape index (κ3) is 2.77. The van der Waals surface area contributed by atoms with Crippen molar-refractivity contribution in [2.24, 2.45) is 17.6 Å². The highest BCUT2D eigenvalue weighted by atomic mass is 16.3. The molecule has 0 aromatic heterocycles. The van der Waals surface area contributed by atoms with Gasteiger partial charge in [-0.3, -0.25) is 0 Å². The van der Waals surface area contributed by atoms with E-state index in [-0.39, 0.29) is 12.6 Å². The van der Waals surface area contributed by atoms with Crippen LogP contribution in [0.4, 0.5) is 0 Å². The Balaban J connectivity index is 2.01. The summed E-state index contributed by atoms with van der Waals surface area (Å²) in [6.07, 6.45) is 1.33. The van der Waals surface area contributed by atoms with Crippen molar-refractivity contribution in [3.05, 3.63) is 0 Å². The average Bonchev–Trinajstić information content (AvgIpc) is 2.69. The maximum Gasteiger partial charge on any atom is 0.0597 e. The molecule has 1 aliphatic carbocycles. The summed E-state index contributed by atoms with van der Waals surface area (Å²) in [5.74, 6) is 1.70. The predicted octanol–water partition coefficient (Wildman–Crippen LogP) is -0.448. The number of aliphatic hydroxyl groups is 1. The van der Waals surface area contributed by atoms with Crippen LogP contribution in [0.3, 0.4) is 0 Å². The minimum absolute atomic E-state index is 0.0998. The fourth-order valence-electron chi connectivity index (χ4n) is 1.22. The Morgan fingerprint density at radius 2 is 2.36 bits per heavy atom. The SMILES string of the molecule is CC1CC1CNC(CN)CO. The average molecular weight is 158 g/mol. The normalized spacial score (nSPS) is 31.9.